The van der Waals surface area contributed by atoms with E-state index < -0.39 is 0 Å². The van der Waals surface area contributed by atoms with Crippen molar-refractivity contribution in [3.8, 4) is 0 Å². The van der Waals surface area contributed by atoms with Crippen LogP contribution in [0, 0.1) is 6.92 Å². The van der Waals surface area contributed by atoms with E-state index >= 15 is 0 Å². The Labute approximate surface area is 142 Å². The van der Waals surface area contributed by atoms with Gasteiger partial charge in [0.05, 0.1) is 18.8 Å². The molecule has 1 aromatic heterocycles. The van der Waals surface area contributed by atoms with E-state index in [0.29, 0.717) is 18.2 Å². The van der Waals surface area contributed by atoms with Gasteiger partial charge in [0.15, 0.2) is 0 Å². The number of hydrogen-bond donors (Lipinski definition) is 1. The Morgan fingerprint density at radius 2 is 2.00 bits per heavy atom. The van der Waals surface area contributed by atoms with Crippen LogP contribution in [0.3, 0.4) is 0 Å². The molecule has 1 aromatic carbocycles. The zero-order valence-corrected chi connectivity index (χ0v) is 14.5. The Hall–Kier alpha value is -1.85. The van der Waals surface area contributed by atoms with E-state index in [1.807, 2.05) is 56.0 Å². The van der Waals surface area contributed by atoms with E-state index in [0.717, 1.165) is 16.8 Å². The van der Waals surface area contributed by atoms with Crippen molar-refractivity contribution in [2.75, 3.05) is 6.54 Å². The molecular weight excluding hydrogens is 312 g/mol. The fourth-order valence-electron chi connectivity index (χ4n) is 2.46. The van der Waals surface area contributed by atoms with Gasteiger partial charge in [-0.15, -0.1) is 0 Å². The molecule has 0 saturated carbocycles. The third-order valence-electron chi connectivity index (χ3n) is 3.81. The molecular formula is C17H23ClN4O. The zero-order chi connectivity index (χ0) is 17.0. The molecule has 0 aliphatic heterocycles. The lowest BCUT2D eigenvalue weighted by Gasteiger charge is -2.24. The van der Waals surface area contributed by atoms with Crippen molar-refractivity contribution in [3.63, 3.8) is 0 Å². The lowest BCUT2D eigenvalue weighted by Crippen LogP contribution is -2.38. The predicted octanol–water partition coefficient (Wildman–Crippen LogP) is 2.59. The summed E-state index contributed by atoms with van der Waals surface area (Å²) in [6.07, 6.45) is 0. The van der Waals surface area contributed by atoms with E-state index in [-0.39, 0.29) is 18.5 Å². The minimum atomic E-state index is -0.343. The number of halogens is 1. The van der Waals surface area contributed by atoms with Crippen LogP contribution in [0.4, 0.5) is 0 Å². The number of rotatable bonds is 7. The van der Waals surface area contributed by atoms with E-state index in [9.17, 15) is 4.79 Å². The van der Waals surface area contributed by atoms with E-state index in [1.165, 1.54) is 0 Å². The van der Waals surface area contributed by atoms with Gasteiger partial charge in [0.1, 0.15) is 5.15 Å². The second-order valence-electron chi connectivity index (χ2n) is 5.96. The number of carbonyl (C=O) groups excluding carboxylic acids is 1. The molecule has 2 rings (SSSR count). The first-order valence-corrected chi connectivity index (χ1v) is 8.04. The van der Waals surface area contributed by atoms with Gasteiger partial charge in [-0.25, -0.2) is 4.68 Å². The number of hydrogen-bond acceptors (Lipinski definition) is 3. The molecule has 0 aliphatic carbocycles. The van der Waals surface area contributed by atoms with Crippen LogP contribution in [0.15, 0.2) is 30.3 Å². The maximum atomic E-state index is 11.2. The van der Waals surface area contributed by atoms with Gasteiger partial charge in [-0.05, 0) is 26.3 Å². The number of primary amides is 1. The van der Waals surface area contributed by atoms with E-state index in [4.69, 9.17) is 17.3 Å². The highest BCUT2D eigenvalue weighted by Gasteiger charge is 2.19. The average molecular weight is 335 g/mol. The molecule has 0 bridgehead atoms. The summed E-state index contributed by atoms with van der Waals surface area (Å²) in [6, 6.07) is 10.2. The first-order valence-electron chi connectivity index (χ1n) is 7.66. The largest absolute Gasteiger partial charge is 0.369 e. The molecule has 124 valence electrons. The molecule has 6 heteroatoms. The topological polar surface area (TPSA) is 64.2 Å². The van der Waals surface area contributed by atoms with Crippen molar-refractivity contribution in [1.29, 1.82) is 0 Å². The first kappa shape index (κ1) is 17.5. The minimum absolute atomic E-state index is 0.190. The van der Waals surface area contributed by atoms with Crippen molar-refractivity contribution in [1.82, 2.24) is 14.7 Å². The van der Waals surface area contributed by atoms with Crippen LogP contribution >= 0.6 is 11.6 Å². The molecule has 1 heterocycles. The molecule has 0 aliphatic rings. The quantitative estimate of drug-likeness (QED) is 0.846. The standard InChI is InChI=1S/C17H23ClN4O/c1-12(2)21(11-16(19)23)10-15-13(3)20-22(17(15)18)9-14-7-5-4-6-8-14/h4-8,12H,9-11H2,1-3H3,(H2,19,23). The molecule has 2 N–H and O–H groups in total. The summed E-state index contributed by atoms with van der Waals surface area (Å²) in [4.78, 5) is 13.2. The van der Waals surface area contributed by atoms with Crippen LogP contribution < -0.4 is 5.73 Å². The second-order valence-corrected chi connectivity index (χ2v) is 6.32. The van der Waals surface area contributed by atoms with Crippen molar-refractivity contribution in [3.05, 3.63) is 52.3 Å². The van der Waals surface area contributed by atoms with Gasteiger partial charge in [-0.1, -0.05) is 41.9 Å². The Balaban J connectivity index is 2.21. The Morgan fingerprint density at radius 3 is 2.57 bits per heavy atom. The maximum Gasteiger partial charge on any atom is 0.231 e. The number of aryl methyl sites for hydroxylation is 1. The van der Waals surface area contributed by atoms with Crippen molar-refractivity contribution in [2.24, 2.45) is 5.73 Å². The van der Waals surface area contributed by atoms with Gasteiger partial charge >= 0.3 is 0 Å². The molecule has 2 aromatic rings. The fraction of sp³-hybridized carbons (Fsp3) is 0.412. The van der Waals surface area contributed by atoms with Gasteiger partial charge in [-0.2, -0.15) is 5.10 Å². The van der Waals surface area contributed by atoms with Gasteiger partial charge in [0.2, 0.25) is 5.91 Å². The lowest BCUT2D eigenvalue weighted by atomic mass is 10.2. The summed E-state index contributed by atoms with van der Waals surface area (Å²) in [6.45, 7) is 7.38. The molecule has 5 nitrogen and oxygen atoms in total. The number of nitrogens with zero attached hydrogens (tertiary/aromatic N) is 3. The van der Waals surface area contributed by atoms with Crippen LogP contribution in [-0.2, 0) is 17.9 Å². The molecule has 0 radical (unpaired) electrons. The van der Waals surface area contributed by atoms with E-state index in [2.05, 4.69) is 5.10 Å². The third kappa shape index (κ3) is 4.56. The normalized spacial score (nSPS) is 11.4. The maximum absolute atomic E-state index is 11.2. The van der Waals surface area contributed by atoms with Crippen molar-refractivity contribution < 1.29 is 4.79 Å². The van der Waals surface area contributed by atoms with Crippen LogP contribution in [-0.4, -0.2) is 33.2 Å². The number of amides is 1. The monoisotopic (exact) mass is 334 g/mol. The smallest absolute Gasteiger partial charge is 0.231 e. The summed E-state index contributed by atoms with van der Waals surface area (Å²) in [5, 5.41) is 5.15. The Kier molecular flexibility index (Phi) is 5.80. The SMILES string of the molecule is Cc1nn(Cc2ccccc2)c(Cl)c1CN(CC(N)=O)C(C)C. The Morgan fingerprint density at radius 1 is 1.35 bits per heavy atom. The zero-order valence-electron chi connectivity index (χ0n) is 13.8. The van der Waals surface area contributed by atoms with Gasteiger partial charge < -0.3 is 5.73 Å². The van der Waals surface area contributed by atoms with Crippen LogP contribution in [0.25, 0.3) is 0 Å². The van der Waals surface area contributed by atoms with Crippen molar-refractivity contribution in [2.45, 2.75) is 39.9 Å². The highest BCUT2D eigenvalue weighted by atomic mass is 35.5. The van der Waals surface area contributed by atoms with Crippen LogP contribution in [0.2, 0.25) is 5.15 Å². The molecule has 0 fully saturated rings. The summed E-state index contributed by atoms with van der Waals surface area (Å²) in [5.74, 6) is -0.343. The predicted molar refractivity (Wildman–Crippen MR) is 92.3 cm³/mol. The number of benzene rings is 1. The molecule has 0 unspecified atom stereocenters. The number of aromatic nitrogens is 2. The highest BCUT2D eigenvalue weighted by Crippen LogP contribution is 2.23. The van der Waals surface area contributed by atoms with Gasteiger partial charge in [0.25, 0.3) is 0 Å². The van der Waals surface area contributed by atoms with Gasteiger partial charge in [0, 0.05) is 18.2 Å². The summed E-state index contributed by atoms with van der Waals surface area (Å²) >= 11 is 6.52. The van der Waals surface area contributed by atoms with Crippen molar-refractivity contribution >= 4 is 17.5 Å². The minimum Gasteiger partial charge on any atom is -0.369 e. The molecule has 0 atom stereocenters. The molecule has 0 saturated heterocycles. The molecule has 1 amide bonds. The van der Waals surface area contributed by atoms with Crippen LogP contribution in [0.5, 0.6) is 0 Å². The first-order chi connectivity index (χ1) is 10.9. The highest BCUT2D eigenvalue weighted by molar-refractivity contribution is 6.30. The number of carbonyl (C=O) groups is 1. The lowest BCUT2D eigenvalue weighted by molar-refractivity contribution is -0.119. The molecule has 0 spiro atoms. The fourth-order valence-corrected chi connectivity index (χ4v) is 2.75. The third-order valence-corrected chi connectivity index (χ3v) is 4.23. The van der Waals surface area contributed by atoms with Gasteiger partial charge in [-0.3, -0.25) is 9.69 Å². The summed E-state index contributed by atoms with van der Waals surface area (Å²) < 4.78 is 1.80. The van der Waals surface area contributed by atoms with E-state index in [1.54, 1.807) is 4.68 Å². The number of nitrogens with two attached hydrogens (primary N) is 1. The average Bonchev–Trinajstić information content (AvgIpc) is 2.74. The summed E-state index contributed by atoms with van der Waals surface area (Å²) in [7, 11) is 0. The Bertz CT molecular complexity index is 667. The van der Waals surface area contributed by atoms with Crippen LogP contribution in [0.1, 0.15) is 30.7 Å². The second kappa shape index (κ2) is 7.62. The summed E-state index contributed by atoms with van der Waals surface area (Å²) in [5.41, 5.74) is 8.29. The molecule has 23 heavy (non-hydrogen) atoms.